The van der Waals surface area contributed by atoms with Gasteiger partial charge in [-0.25, -0.2) is 0 Å². The quantitative estimate of drug-likeness (QED) is 0.760. The van der Waals surface area contributed by atoms with E-state index in [1.165, 1.54) is 0 Å². The molecular weight excluding hydrogens is 268 g/mol. The first-order valence-corrected chi connectivity index (χ1v) is 7.47. The molecule has 1 atom stereocenters. The molecule has 0 aliphatic heterocycles. The molecule has 0 saturated heterocycles. The number of carbonyl (C=O) groups excluding carboxylic acids is 1. The van der Waals surface area contributed by atoms with Crippen LogP contribution in [0.4, 0.5) is 0 Å². The van der Waals surface area contributed by atoms with Gasteiger partial charge in [-0.1, -0.05) is 50.3 Å². The number of amides is 1. The molecule has 1 aromatic rings. The molecule has 0 saturated carbocycles. The van der Waals surface area contributed by atoms with Crippen molar-refractivity contribution in [3.05, 3.63) is 35.4 Å². The van der Waals surface area contributed by atoms with E-state index in [4.69, 9.17) is 18.0 Å². The predicted octanol–water partition coefficient (Wildman–Crippen LogP) is 2.80. The van der Waals surface area contributed by atoms with Crippen molar-refractivity contribution in [2.45, 2.75) is 46.1 Å². The summed E-state index contributed by atoms with van der Waals surface area (Å²) in [4.78, 5) is 12.3. The predicted molar refractivity (Wildman–Crippen MR) is 87.7 cm³/mol. The van der Waals surface area contributed by atoms with Crippen molar-refractivity contribution in [2.75, 3.05) is 0 Å². The Hall–Kier alpha value is -1.42. The van der Waals surface area contributed by atoms with Crippen LogP contribution in [0.5, 0.6) is 0 Å². The summed E-state index contributed by atoms with van der Waals surface area (Å²) in [6.45, 7) is 6.44. The van der Waals surface area contributed by atoms with Gasteiger partial charge in [0.25, 0.3) is 0 Å². The van der Waals surface area contributed by atoms with Gasteiger partial charge < -0.3 is 11.1 Å². The summed E-state index contributed by atoms with van der Waals surface area (Å²) in [5.41, 5.74) is 7.34. The molecule has 4 heteroatoms. The number of nitrogens with one attached hydrogen (secondary N) is 1. The Morgan fingerprint density at radius 3 is 2.30 bits per heavy atom. The second-order valence-electron chi connectivity index (χ2n) is 5.68. The minimum atomic E-state index is 0.0596. The van der Waals surface area contributed by atoms with Crippen LogP contribution in [0.3, 0.4) is 0 Å². The van der Waals surface area contributed by atoms with E-state index in [-0.39, 0.29) is 11.9 Å². The average Bonchev–Trinajstić information content (AvgIpc) is 2.36. The summed E-state index contributed by atoms with van der Waals surface area (Å²) in [6.07, 6.45) is 2.54. The molecule has 3 N–H and O–H groups in total. The lowest BCUT2D eigenvalue weighted by molar-refractivity contribution is -0.121. The molecule has 0 radical (unpaired) electrons. The zero-order chi connectivity index (χ0) is 15.1. The van der Waals surface area contributed by atoms with Gasteiger partial charge in [0.15, 0.2) is 0 Å². The molecule has 0 fully saturated rings. The van der Waals surface area contributed by atoms with Crippen molar-refractivity contribution >= 4 is 23.1 Å². The molecule has 0 heterocycles. The van der Waals surface area contributed by atoms with Gasteiger partial charge in [-0.3, -0.25) is 4.79 Å². The van der Waals surface area contributed by atoms with Crippen molar-refractivity contribution < 1.29 is 4.79 Å². The number of hydrogen-bond acceptors (Lipinski definition) is 2. The lowest BCUT2D eigenvalue weighted by atomic mass is 10.0. The molecular formula is C16H24N2OS. The average molecular weight is 292 g/mol. The second-order valence-corrected chi connectivity index (χ2v) is 6.12. The summed E-state index contributed by atoms with van der Waals surface area (Å²) in [5, 5.41) is 3.03. The van der Waals surface area contributed by atoms with Crippen LogP contribution in [0.15, 0.2) is 24.3 Å². The number of benzene rings is 1. The summed E-state index contributed by atoms with van der Waals surface area (Å²) in [6, 6.07) is 7.72. The van der Waals surface area contributed by atoms with Crippen LogP contribution in [0.25, 0.3) is 0 Å². The molecule has 0 spiro atoms. The van der Waals surface area contributed by atoms with E-state index in [1.807, 2.05) is 24.3 Å². The number of thiocarbonyl (C=S) groups is 1. The summed E-state index contributed by atoms with van der Waals surface area (Å²) in [7, 11) is 0. The van der Waals surface area contributed by atoms with Crippen LogP contribution in [-0.2, 0) is 11.2 Å². The number of rotatable bonds is 7. The van der Waals surface area contributed by atoms with Crippen molar-refractivity contribution in [3.8, 4) is 0 Å². The minimum Gasteiger partial charge on any atom is -0.389 e. The van der Waals surface area contributed by atoms with E-state index < -0.39 is 0 Å². The van der Waals surface area contributed by atoms with Crippen molar-refractivity contribution in [1.29, 1.82) is 0 Å². The molecule has 1 amide bonds. The Labute approximate surface area is 126 Å². The highest BCUT2D eigenvalue weighted by molar-refractivity contribution is 7.80. The number of nitrogens with two attached hydrogens (primary N) is 1. The van der Waals surface area contributed by atoms with E-state index >= 15 is 0 Å². The Morgan fingerprint density at radius 1 is 1.20 bits per heavy atom. The molecule has 1 unspecified atom stereocenters. The zero-order valence-corrected chi connectivity index (χ0v) is 13.3. The molecule has 0 aliphatic carbocycles. The third-order valence-corrected chi connectivity index (χ3v) is 3.42. The fourth-order valence-electron chi connectivity index (χ4n) is 1.95. The molecule has 0 aliphatic rings. The first-order valence-electron chi connectivity index (χ1n) is 7.06. The van der Waals surface area contributed by atoms with Crippen LogP contribution >= 0.6 is 12.2 Å². The lowest BCUT2D eigenvalue weighted by Gasteiger charge is -2.15. The Bertz CT molecular complexity index is 454. The molecule has 20 heavy (non-hydrogen) atoms. The first kappa shape index (κ1) is 16.6. The number of hydrogen-bond donors (Lipinski definition) is 2. The highest BCUT2D eigenvalue weighted by atomic mass is 32.1. The summed E-state index contributed by atoms with van der Waals surface area (Å²) in [5.74, 6) is 0.728. The standard InChI is InChI=1S/C16H24N2OS/c1-11(2)4-5-12(3)18-15(19)10-13-6-8-14(9-7-13)16(17)20/h6-9,11-12H,4-5,10H2,1-3H3,(H2,17,20)(H,18,19). The van der Waals surface area contributed by atoms with Crippen LogP contribution in [-0.4, -0.2) is 16.9 Å². The van der Waals surface area contributed by atoms with Gasteiger partial charge in [0, 0.05) is 11.6 Å². The molecule has 1 rings (SSSR count). The second kappa shape index (κ2) is 8.00. The molecule has 0 bridgehead atoms. The van der Waals surface area contributed by atoms with E-state index in [0.717, 1.165) is 24.0 Å². The SMILES string of the molecule is CC(C)CCC(C)NC(=O)Cc1ccc(C(N)=S)cc1. The third-order valence-electron chi connectivity index (χ3n) is 3.19. The maximum Gasteiger partial charge on any atom is 0.224 e. The monoisotopic (exact) mass is 292 g/mol. The van der Waals surface area contributed by atoms with Crippen LogP contribution in [0.2, 0.25) is 0 Å². The fourth-order valence-corrected chi connectivity index (χ4v) is 2.09. The highest BCUT2D eigenvalue weighted by Crippen LogP contribution is 2.08. The molecule has 3 nitrogen and oxygen atoms in total. The van der Waals surface area contributed by atoms with Crippen LogP contribution in [0, 0.1) is 5.92 Å². The van der Waals surface area contributed by atoms with Gasteiger partial charge in [0.05, 0.1) is 6.42 Å². The van der Waals surface area contributed by atoms with Gasteiger partial charge in [-0.15, -0.1) is 0 Å². The molecule has 1 aromatic carbocycles. The maximum atomic E-state index is 11.9. The van der Waals surface area contributed by atoms with Crippen molar-refractivity contribution in [1.82, 2.24) is 5.32 Å². The van der Waals surface area contributed by atoms with Crippen molar-refractivity contribution in [2.24, 2.45) is 11.7 Å². The highest BCUT2D eigenvalue weighted by Gasteiger charge is 2.09. The zero-order valence-electron chi connectivity index (χ0n) is 12.5. The maximum absolute atomic E-state index is 11.9. The van der Waals surface area contributed by atoms with Gasteiger partial charge in [-0.05, 0) is 31.2 Å². The summed E-state index contributed by atoms with van der Waals surface area (Å²) >= 11 is 4.90. The number of carbonyl (C=O) groups is 1. The van der Waals surface area contributed by atoms with Crippen LogP contribution in [0.1, 0.15) is 44.7 Å². The van der Waals surface area contributed by atoms with Gasteiger partial charge >= 0.3 is 0 Å². The lowest BCUT2D eigenvalue weighted by Crippen LogP contribution is -2.33. The normalized spacial score (nSPS) is 12.2. The Morgan fingerprint density at radius 2 is 1.80 bits per heavy atom. The van der Waals surface area contributed by atoms with Crippen LogP contribution < -0.4 is 11.1 Å². The van der Waals surface area contributed by atoms with Gasteiger partial charge in [0.1, 0.15) is 4.99 Å². The van der Waals surface area contributed by atoms with Crippen molar-refractivity contribution in [3.63, 3.8) is 0 Å². The molecule has 110 valence electrons. The van der Waals surface area contributed by atoms with Gasteiger partial charge in [-0.2, -0.15) is 0 Å². The van der Waals surface area contributed by atoms with E-state index in [9.17, 15) is 4.79 Å². The minimum absolute atomic E-state index is 0.0596. The first-order chi connectivity index (χ1) is 9.38. The Balaban J connectivity index is 2.43. The van der Waals surface area contributed by atoms with Gasteiger partial charge in [0.2, 0.25) is 5.91 Å². The fraction of sp³-hybridized carbons (Fsp3) is 0.500. The van der Waals surface area contributed by atoms with E-state index in [1.54, 1.807) is 0 Å². The van der Waals surface area contributed by atoms with E-state index in [2.05, 4.69) is 26.1 Å². The smallest absolute Gasteiger partial charge is 0.224 e. The molecule has 0 aromatic heterocycles. The Kier molecular flexibility index (Phi) is 6.65. The largest absolute Gasteiger partial charge is 0.389 e. The van der Waals surface area contributed by atoms with E-state index in [0.29, 0.717) is 17.3 Å². The topological polar surface area (TPSA) is 55.1 Å². The third kappa shape index (κ3) is 6.15. The summed E-state index contributed by atoms with van der Waals surface area (Å²) < 4.78 is 0.